The maximum absolute atomic E-state index is 12.8. The van der Waals surface area contributed by atoms with Gasteiger partial charge in [0, 0.05) is 23.5 Å². The number of benzene rings is 2. The highest BCUT2D eigenvalue weighted by atomic mass is 16.5. The zero-order chi connectivity index (χ0) is 25.9. The molecule has 11 heteroatoms. The third kappa shape index (κ3) is 4.83. The number of fused-ring (bicyclic) bond motifs is 1. The fraction of sp³-hybridized carbons (Fsp3) is 0.231. The molecule has 0 bridgehead atoms. The molecule has 0 radical (unpaired) electrons. The predicted molar refractivity (Wildman–Crippen MR) is 135 cm³/mol. The van der Waals surface area contributed by atoms with E-state index in [1.165, 1.54) is 4.68 Å². The Morgan fingerprint density at radius 3 is 2.73 bits per heavy atom. The average molecular weight is 500 g/mol. The van der Waals surface area contributed by atoms with Crippen molar-refractivity contribution in [3.8, 4) is 28.7 Å². The van der Waals surface area contributed by atoms with Crippen LogP contribution in [0.2, 0.25) is 0 Å². The van der Waals surface area contributed by atoms with Crippen molar-refractivity contribution in [1.29, 1.82) is 0 Å². The van der Waals surface area contributed by atoms with Gasteiger partial charge in [-0.2, -0.15) is 14.9 Å². The maximum Gasteiger partial charge on any atom is 0.272 e. The van der Waals surface area contributed by atoms with E-state index >= 15 is 0 Å². The molecule has 5 rings (SSSR count). The van der Waals surface area contributed by atoms with Crippen molar-refractivity contribution in [2.24, 2.45) is 5.73 Å². The van der Waals surface area contributed by atoms with Gasteiger partial charge in [0.15, 0.2) is 18.1 Å². The van der Waals surface area contributed by atoms with E-state index in [1.54, 1.807) is 12.3 Å². The summed E-state index contributed by atoms with van der Waals surface area (Å²) >= 11 is 0. The molecule has 0 fully saturated rings. The van der Waals surface area contributed by atoms with E-state index in [0.717, 1.165) is 22.4 Å². The number of hydrogen-bond acceptors (Lipinski definition) is 8. The third-order valence-corrected chi connectivity index (χ3v) is 5.95. The lowest BCUT2D eigenvalue weighted by Gasteiger charge is -2.25. The molecule has 3 heterocycles. The molecule has 1 aliphatic rings. The first kappa shape index (κ1) is 23.9. The molecule has 0 saturated carbocycles. The first-order chi connectivity index (χ1) is 17.9. The van der Waals surface area contributed by atoms with Crippen LogP contribution in [0.1, 0.15) is 36.1 Å². The molecule has 11 nitrogen and oxygen atoms in total. The summed E-state index contributed by atoms with van der Waals surface area (Å²) in [6.07, 6.45) is 1.80. The topological polar surface area (TPSA) is 147 Å². The van der Waals surface area contributed by atoms with Crippen LogP contribution in [0, 0.1) is 6.92 Å². The van der Waals surface area contributed by atoms with Crippen LogP contribution in [-0.2, 0) is 9.59 Å². The summed E-state index contributed by atoms with van der Waals surface area (Å²) in [4.78, 5) is 28.6. The van der Waals surface area contributed by atoms with Gasteiger partial charge in [-0.1, -0.05) is 36.4 Å². The Labute approximate surface area is 212 Å². The maximum atomic E-state index is 12.8. The number of nitrogens with zero attached hydrogens (tertiary/aromatic N) is 5. The van der Waals surface area contributed by atoms with Crippen molar-refractivity contribution in [2.45, 2.75) is 26.2 Å². The molecular formula is C26H25N7O4. The lowest BCUT2D eigenvalue weighted by molar-refractivity contribution is -0.120. The van der Waals surface area contributed by atoms with E-state index in [2.05, 4.69) is 25.6 Å². The lowest BCUT2D eigenvalue weighted by Crippen LogP contribution is -2.25. The van der Waals surface area contributed by atoms with Crippen molar-refractivity contribution in [1.82, 2.24) is 25.0 Å². The summed E-state index contributed by atoms with van der Waals surface area (Å²) in [5, 5.41) is 15.9. The summed E-state index contributed by atoms with van der Waals surface area (Å²) < 4.78 is 12.8. The van der Waals surface area contributed by atoms with Gasteiger partial charge in [0.25, 0.3) is 11.9 Å². The Balaban J connectivity index is 1.55. The fourth-order valence-electron chi connectivity index (χ4n) is 4.39. The quantitative estimate of drug-likeness (QED) is 0.376. The number of ether oxygens (including phenoxy) is 2. The van der Waals surface area contributed by atoms with Crippen LogP contribution in [0.3, 0.4) is 0 Å². The number of aromatic nitrogens is 5. The van der Waals surface area contributed by atoms with E-state index in [4.69, 9.17) is 15.2 Å². The van der Waals surface area contributed by atoms with E-state index < -0.39 is 5.91 Å². The Hall–Kier alpha value is -4.80. The van der Waals surface area contributed by atoms with E-state index in [9.17, 15) is 9.59 Å². The van der Waals surface area contributed by atoms with E-state index in [1.807, 2.05) is 56.3 Å². The van der Waals surface area contributed by atoms with Crippen LogP contribution in [-0.4, -0.2) is 50.0 Å². The third-order valence-electron chi connectivity index (χ3n) is 5.95. The highest BCUT2D eigenvalue weighted by molar-refractivity contribution is 5.95. The molecule has 0 aliphatic carbocycles. The second-order valence-electron chi connectivity index (χ2n) is 8.47. The van der Waals surface area contributed by atoms with Gasteiger partial charge in [-0.15, -0.1) is 5.10 Å². The lowest BCUT2D eigenvalue weighted by atomic mass is 9.85. The van der Waals surface area contributed by atoms with Gasteiger partial charge in [-0.05, 0) is 31.5 Å². The minimum atomic E-state index is -0.587. The monoisotopic (exact) mass is 499 g/mol. The predicted octanol–water partition coefficient (Wildman–Crippen LogP) is 2.77. The van der Waals surface area contributed by atoms with Gasteiger partial charge >= 0.3 is 0 Å². The van der Waals surface area contributed by atoms with E-state index in [-0.39, 0.29) is 30.8 Å². The summed E-state index contributed by atoms with van der Waals surface area (Å²) in [6.45, 7) is 3.85. The number of anilines is 1. The number of carbonyl (C=O) groups is 2. The molecule has 1 aliphatic heterocycles. The minimum absolute atomic E-state index is 0.169. The largest absolute Gasteiger partial charge is 0.490 e. The summed E-state index contributed by atoms with van der Waals surface area (Å²) in [7, 11) is 0. The van der Waals surface area contributed by atoms with Crippen LogP contribution in [0.15, 0.2) is 54.7 Å². The molecule has 2 amide bonds. The standard InChI is InChI=1S/C26H25N7O4/c1-3-36-21-11-17(9-10-20(21)37-14-22(27)34)18-12-23(35)30-25-24(18)15(2)32-33(25)26-29-19(13-28-31-26)16-7-5-4-6-8-16/h4-11,13,18H,3,12,14H2,1-2H3,(H2,27,34)(H,30,35)/t18-/m1/s1. The summed E-state index contributed by atoms with van der Waals surface area (Å²) in [5.41, 5.74) is 9.15. The van der Waals surface area contributed by atoms with Crippen molar-refractivity contribution in [3.63, 3.8) is 0 Å². The number of aryl methyl sites for hydroxylation is 1. The SMILES string of the molecule is CCOc1cc([C@H]2CC(=O)Nc3c2c(C)nn3-c2nncc(-c3ccccc3)n2)ccc1OCC(N)=O. The molecule has 3 N–H and O–H groups in total. The molecule has 0 saturated heterocycles. The fourth-order valence-corrected chi connectivity index (χ4v) is 4.39. The van der Waals surface area contributed by atoms with Crippen LogP contribution in [0.5, 0.6) is 11.5 Å². The van der Waals surface area contributed by atoms with Gasteiger partial charge in [0.05, 0.1) is 24.2 Å². The van der Waals surface area contributed by atoms with Gasteiger partial charge in [-0.25, -0.2) is 4.98 Å². The van der Waals surface area contributed by atoms with Crippen molar-refractivity contribution in [3.05, 3.63) is 71.5 Å². The van der Waals surface area contributed by atoms with Crippen LogP contribution >= 0.6 is 0 Å². The van der Waals surface area contributed by atoms with Crippen LogP contribution in [0.25, 0.3) is 17.2 Å². The Kier molecular flexibility index (Phi) is 6.50. The van der Waals surface area contributed by atoms with Gasteiger partial charge in [0.1, 0.15) is 5.82 Å². The molecular weight excluding hydrogens is 474 g/mol. The molecule has 188 valence electrons. The molecule has 0 spiro atoms. The van der Waals surface area contributed by atoms with Crippen molar-refractivity contribution >= 4 is 17.6 Å². The van der Waals surface area contributed by atoms with Crippen LogP contribution < -0.4 is 20.5 Å². The van der Waals surface area contributed by atoms with Crippen LogP contribution in [0.4, 0.5) is 5.82 Å². The van der Waals surface area contributed by atoms with Gasteiger partial charge in [-0.3, -0.25) is 9.59 Å². The molecule has 4 aromatic rings. The number of nitrogens with two attached hydrogens (primary N) is 1. The zero-order valence-electron chi connectivity index (χ0n) is 20.3. The highest BCUT2D eigenvalue weighted by Crippen LogP contribution is 2.42. The number of amides is 2. The summed E-state index contributed by atoms with van der Waals surface area (Å²) in [5.74, 6) is 0.548. The number of hydrogen-bond donors (Lipinski definition) is 2. The first-order valence-electron chi connectivity index (χ1n) is 11.8. The van der Waals surface area contributed by atoms with Crippen molar-refractivity contribution in [2.75, 3.05) is 18.5 Å². The Morgan fingerprint density at radius 2 is 1.97 bits per heavy atom. The van der Waals surface area contributed by atoms with Gasteiger partial charge in [0.2, 0.25) is 5.91 Å². The molecule has 2 aromatic heterocycles. The van der Waals surface area contributed by atoms with E-state index in [0.29, 0.717) is 29.6 Å². The number of carbonyl (C=O) groups excluding carboxylic acids is 2. The Bertz CT molecular complexity index is 1470. The zero-order valence-corrected chi connectivity index (χ0v) is 20.3. The van der Waals surface area contributed by atoms with Crippen molar-refractivity contribution < 1.29 is 19.1 Å². The average Bonchev–Trinajstić information content (AvgIpc) is 3.24. The second-order valence-corrected chi connectivity index (χ2v) is 8.47. The molecule has 1 atom stereocenters. The normalized spacial score (nSPS) is 14.5. The van der Waals surface area contributed by atoms with Gasteiger partial charge < -0.3 is 20.5 Å². The molecule has 2 aromatic carbocycles. The molecule has 37 heavy (non-hydrogen) atoms. The number of nitrogens with one attached hydrogen (secondary N) is 1. The Morgan fingerprint density at radius 1 is 1.16 bits per heavy atom. The second kappa shape index (κ2) is 10.1. The number of rotatable bonds is 8. The summed E-state index contributed by atoms with van der Waals surface area (Å²) in [6, 6.07) is 15.0. The molecule has 0 unspecified atom stereocenters. The first-order valence-corrected chi connectivity index (χ1v) is 11.8. The minimum Gasteiger partial charge on any atom is -0.490 e. The highest BCUT2D eigenvalue weighted by Gasteiger charge is 2.34. The smallest absolute Gasteiger partial charge is 0.272 e. The number of primary amides is 1.